The molecule has 3 heteroatoms. The third-order valence-corrected chi connectivity index (χ3v) is 1.54. The molecule has 9 heavy (non-hydrogen) atoms. The van der Waals surface area contributed by atoms with Gasteiger partial charge in [0.05, 0.1) is 0 Å². The van der Waals surface area contributed by atoms with E-state index >= 15 is 0 Å². The van der Waals surface area contributed by atoms with Crippen molar-refractivity contribution >= 4 is 17.3 Å². The number of hydrogen-bond donors (Lipinski definition) is 1. The summed E-state index contributed by atoms with van der Waals surface area (Å²) in [7, 11) is 1.84. The highest BCUT2D eigenvalue weighted by atomic mass is 35.5. The lowest BCUT2D eigenvalue weighted by molar-refractivity contribution is -0.510. The van der Waals surface area contributed by atoms with Crippen molar-refractivity contribution in [3.05, 3.63) is 0 Å². The summed E-state index contributed by atoms with van der Waals surface area (Å²) in [5.41, 5.74) is 1.18. The second kappa shape index (κ2) is 4.62. The van der Waals surface area contributed by atoms with Crippen LogP contribution in [0.3, 0.4) is 0 Å². The molecule has 0 aliphatic heterocycles. The molecule has 0 bridgehead atoms. The maximum absolute atomic E-state index is 5.48. The molecule has 0 aliphatic rings. The van der Waals surface area contributed by atoms with Gasteiger partial charge in [0.2, 0.25) is 0 Å². The van der Waals surface area contributed by atoms with Crippen molar-refractivity contribution in [2.75, 3.05) is 12.9 Å². The van der Waals surface area contributed by atoms with Gasteiger partial charge in [0.25, 0.3) is 0 Å². The molecule has 0 aromatic heterocycles. The molecular formula is C6H14ClN2+. The summed E-state index contributed by atoms with van der Waals surface area (Å²) in [5.74, 6) is 6.14. The second-order valence-electron chi connectivity index (χ2n) is 2.14. The zero-order chi connectivity index (χ0) is 7.28. The third-order valence-electron chi connectivity index (χ3n) is 1.27. The molecule has 0 aromatic rings. The lowest BCUT2D eigenvalue weighted by atomic mass is 10.2. The molecule has 0 heterocycles. The monoisotopic (exact) mass is 149 g/mol. The van der Waals surface area contributed by atoms with Crippen LogP contribution < -0.4 is 5.84 Å². The van der Waals surface area contributed by atoms with Crippen molar-refractivity contribution in [1.82, 2.24) is 0 Å². The van der Waals surface area contributed by atoms with Gasteiger partial charge in [-0.05, 0) is 6.42 Å². The van der Waals surface area contributed by atoms with E-state index in [2.05, 4.69) is 0 Å². The molecule has 0 spiro atoms. The average Bonchev–Trinajstić information content (AvgIpc) is 1.82. The van der Waals surface area contributed by atoms with Crippen LogP contribution in [0.2, 0.25) is 0 Å². The molecule has 0 radical (unpaired) electrons. The highest BCUT2D eigenvalue weighted by Gasteiger charge is 1.98. The van der Waals surface area contributed by atoms with E-state index in [4.69, 9.17) is 17.4 Å². The van der Waals surface area contributed by atoms with Crippen LogP contribution in [0.25, 0.3) is 0 Å². The number of nitrogens with zero attached hydrogens (tertiary/aromatic N) is 1. The summed E-state index contributed by atoms with van der Waals surface area (Å²) in [6.45, 7) is 2.01. The average molecular weight is 150 g/mol. The molecule has 0 aliphatic carbocycles. The molecule has 2 N–H and O–H groups in total. The van der Waals surface area contributed by atoms with Crippen LogP contribution in [0, 0.1) is 0 Å². The van der Waals surface area contributed by atoms with Crippen molar-refractivity contribution in [1.29, 1.82) is 0 Å². The van der Waals surface area contributed by atoms with E-state index in [1.807, 2.05) is 14.0 Å². The number of rotatable bonds is 3. The second-order valence-corrected chi connectivity index (χ2v) is 2.52. The van der Waals surface area contributed by atoms with Gasteiger partial charge >= 0.3 is 0 Å². The third kappa shape index (κ3) is 4.28. The van der Waals surface area contributed by atoms with E-state index < -0.39 is 0 Å². The highest BCUT2D eigenvalue weighted by molar-refractivity contribution is 6.17. The molecule has 0 fully saturated rings. The topological polar surface area (TPSA) is 29.0 Å². The number of hydrazone groups is 1. The van der Waals surface area contributed by atoms with Crippen LogP contribution in [0.15, 0.2) is 0 Å². The van der Waals surface area contributed by atoms with E-state index in [1.54, 1.807) is 4.68 Å². The summed E-state index contributed by atoms with van der Waals surface area (Å²) in [5, 5.41) is 0. The van der Waals surface area contributed by atoms with Gasteiger partial charge in [-0.3, -0.25) is 0 Å². The summed E-state index contributed by atoms with van der Waals surface area (Å²) in [6, 6.07) is 0. The van der Waals surface area contributed by atoms with Gasteiger partial charge in [-0.1, -0.05) is 0 Å². The standard InChI is InChI=1S/C6H14ClN2/c1-6(9(2)8)4-3-5-7/h3-5,8H2,1-2H3/q+1/b9-6+. The Morgan fingerprint density at radius 2 is 2.22 bits per heavy atom. The lowest BCUT2D eigenvalue weighted by Gasteiger charge is -1.92. The van der Waals surface area contributed by atoms with Crippen LogP contribution in [0.1, 0.15) is 19.8 Å². The maximum Gasteiger partial charge on any atom is 0.178 e. The van der Waals surface area contributed by atoms with Crippen LogP contribution in [0.4, 0.5) is 0 Å². The Morgan fingerprint density at radius 1 is 1.67 bits per heavy atom. The fourth-order valence-corrected chi connectivity index (χ4v) is 0.633. The van der Waals surface area contributed by atoms with Crippen molar-refractivity contribution in [2.24, 2.45) is 5.84 Å². The summed E-state index contributed by atoms with van der Waals surface area (Å²) >= 11 is 5.48. The molecule has 0 rings (SSSR count). The molecule has 0 aromatic carbocycles. The SMILES string of the molecule is C/C(CCCCl)=[N+](/C)N. The van der Waals surface area contributed by atoms with Crippen LogP contribution in [-0.2, 0) is 0 Å². The van der Waals surface area contributed by atoms with Gasteiger partial charge in [-0.25, -0.2) is 5.84 Å². The van der Waals surface area contributed by atoms with Gasteiger partial charge < -0.3 is 0 Å². The van der Waals surface area contributed by atoms with Crippen LogP contribution in [0.5, 0.6) is 0 Å². The first-order valence-corrected chi connectivity index (χ1v) is 3.58. The highest BCUT2D eigenvalue weighted by Crippen LogP contribution is 1.92. The van der Waals surface area contributed by atoms with Crippen molar-refractivity contribution in [3.8, 4) is 0 Å². The summed E-state index contributed by atoms with van der Waals surface area (Å²) < 4.78 is 1.63. The van der Waals surface area contributed by atoms with E-state index in [-0.39, 0.29) is 0 Å². The predicted octanol–water partition coefficient (Wildman–Crippen LogP) is 0.982. The minimum atomic E-state index is 0.713. The first-order chi connectivity index (χ1) is 4.18. The Morgan fingerprint density at radius 3 is 2.56 bits per heavy atom. The van der Waals surface area contributed by atoms with E-state index in [9.17, 15) is 0 Å². The first kappa shape index (κ1) is 8.76. The van der Waals surface area contributed by atoms with Crippen LogP contribution in [-0.4, -0.2) is 23.3 Å². The predicted molar refractivity (Wildman–Crippen MR) is 41.0 cm³/mol. The number of nitrogens with two attached hydrogens (primary N) is 1. The molecule has 0 unspecified atom stereocenters. The van der Waals surface area contributed by atoms with Gasteiger partial charge in [-0.15, -0.1) is 16.3 Å². The first-order valence-electron chi connectivity index (χ1n) is 3.05. The lowest BCUT2D eigenvalue weighted by Crippen LogP contribution is -2.21. The fraction of sp³-hybridized carbons (Fsp3) is 0.833. The zero-order valence-electron chi connectivity index (χ0n) is 6.02. The van der Waals surface area contributed by atoms with E-state index in [0.29, 0.717) is 5.88 Å². The molecule has 0 saturated heterocycles. The summed E-state index contributed by atoms with van der Waals surface area (Å²) in [4.78, 5) is 0. The maximum atomic E-state index is 5.48. The van der Waals surface area contributed by atoms with Gasteiger partial charge in [0.15, 0.2) is 12.8 Å². The smallest absolute Gasteiger partial charge is 0.178 e. The zero-order valence-corrected chi connectivity index (χ0v) is 6.78. The van der Waals surface area contributed by atoms with Crippen LogP contribution >= 0.6 is 11.6 Å². The molecule has 2 nitrogen and oxygen atoms in total. The largest absolute Gasteiger partial charge is 0.211 e. The molecule has 0 amide bonds. The Kier molecular flexibility index (Phi) is 4.50. The Labute approximate surface area is 61.3 Å². The minimum absolute atomic E-state index is 0.713. The molecular weight excluding hydrogens is 136 g/mol. The normalized spacial score (nSPS) is 13.2. The van der Waals surface area contributed by atoms with Gasteiger partial charge in [0, 0.05) is 19.2 Å². The van der Waals surface area contributed by atoms with E-state index in [0.717, 1.165) is 12.8 Å². The number of halogens is 1. The number of hydrazine groups is 1. The van der Waals surface area contributed by atoms with Crippen molar-refractivity contribution in [2.45, 2.75) is 19.8 Å². The quantitative estimate of drug-likeness (QED) is 0.209. The molecule has 54 valence electrons. The van der Waals surface area contributed by atoms with Crippen molar-refractivity contribution < 1.29 is 4.68 Å². The van der Waals surface area contributed by atoms with Gasteiger partial charge in [0.1, 0.15) is 0 Å². The Bertz CT molecular complexity index is 106. The minimum Gasteiger partial charge on any atom is -0.211 e. The number of alkyl halides is 1. The van der Waals surface area contributed by atoms with Crippen molar-refractivity contribution in [3.63, 3.8) is 0 Å². The fourth-order valence-electron chi connectivity index (χ4n) is 0.499. The van der Waals surface area contributed by atoms with Gasteiger partial charge in [-0.2, -0.15) is 0 Å². The number of hydrogen-bond acceptors (Lipinski definition) is 1. The Hall–Kier alpha value is -0.240. The molecule has 0 saturated carbocycles. The van der Waals surface area contributed by atoms with E-state index in [1.165, 1.54) is 5.71 Å². The Balaban J connectivity index is 3.50. The molecule has 0 atom stereocenters. The summed E-state index contributed by atoms with van der Waals surface area (Å²) in [6.07, 6.45) is 2.01.